The summed E-state index contributed by atoms with van der Waals surface area (Å²) in [5, 5.41) is 3.22. The molecule has 0 unspecified atom stereocenters. The number of anilines is 3. The molecule has 178 valence electrons. The summed E-state index contributed by atoms with van der Waals surface area (Å²) < 4.78 is 33.3. The molecule has 1 amide bonds. The number of nitrogens with one attached hydrogen (secondary N) is 1. The van der Waals surface area contributed by atoms with Gasteiger partial charge in [0.1, 0.15) is 6.54 Å². The van der Waals surface area contributed by atoms with Crippen molar-refractivity contribution >= 4 is 44.6 Å². The molecule has 0 radical (unpaired) electrons. The highest BCUT2D eigenvalue weighted by atomic mass is 35.5. The van der Waals surface area contributed by atoms with E-state index in [-0.39, 0.29) is 4.90 Å². The van der Waals surface area contributed by atoms with Crippen LogP contribution in [0.25, 0.3) is 0 Å². The molecule has 0 spiro atoms. The van der Waals surface area contributed by atoms with Crippen molar-refractivity contribution in [1.82, 2.24) is 0 Å². The number of aryl methyl sites for hydroxylation is 1. The zero-order valence-corrected chi connectivity index (χ0v) is 20.3. The fourth-order valence-corrected chi connectivity index (χ4v) is 5.29. The third-order valence-electron chi connectivity index (χ3n) is 5.59. The molecule has 0 bridgehead atoms. The number of carbonyl (C=O) groups is 1. The second-order valence-corrected chi connectivity index (χ2v) is 10.2. The summed E-state index contributed by atoms with van der Waals surface area (Å²) in [6.07, 6.45) is 0. The molecular formula is C25H26ClN3O4S. The highest BCUT2D eigenvalue weighted by Crippen LogP contribution is 2.28. The lowest BCUT2D eigenvalue weighted by Crippen LogP contribution is -2.38. The predicted molar refractivity (Wildman–Crippen MR) is 135 cm³/mol. The molecule has 3 aromatic rings. The van der Waals surface area contributed by atoms with E-state index in [2.05, 4.69) is 10.2 Å². The maximum absolute atomic E-state index is 13.4. The van der Waals surface area contributed by atoms with E-state index in [1.165, 1.54) is 12.1 Å². The van der Waals surface area contributed by atoms with Crippen molar-refractivity contribution in [2.45, 2.75) is 11.8 Å². The van der Waals surface area contributed by atoms with Gasteiger partial charge in [0.2, 0.25) is 5.91 Å². The second-order valence-electron chi connectivity index (χ2n) is 7.95. The van der Waals surface area contributed by atoms with Gasteiger partial charge in [-0.3, -0.25) is 9.10 Å². The van der Waals surface area contributed by atoms with Gasteiger partial charge in [-0.05, 0) is 61.0 Å². The lowest BCUT2D eigenvalue weighted by Gasteiger charge is -2.29. The van der Waals surface area contributed by atoms with Crippen molar-refractivity contribution < 1.29 is 17.9 Å². The smallest absolute Gasteiger partial charge is 0.264 e. The van der Waals surface area contributed by atoms with Crippen LogP contribution in [0.2, 0.25) is 5.02 Å². The number of hydrogen-bond acceptors (Lipinski definition) is 5. The van der Waals surface area contributed by atoms with Crippen molar-refractivity contribution in [3.8, 4) is 0 Å². The Bertz CT molecular complexity index is 1240. The molecule has 1 saturated heterocycles. The normalized spacial score (nSPS) is 14.0. The van der Waals surface area contributed by atoms with E-state index < -0.39 is 22.5 Å². The summed E-state index contributed by atoms with van der Waals surface area (Å²) in [4.78, 5) is 15.2. The molecule has 1 fully saturated rings. The van der Waals surface area contributed by atoms with Crippen LogP contribution in [0.15, 0.2) is 77.7 Å². The van der Waals surface area contributed by atoms with Crippen molar-refractivity contribution in [2.75, 3.05) is 47.4 Å². The molecule has 1 heterocycles. The number of carbonyl (C=O) groups excluding carboxylic acids is 1. The van der Waals surface area contributed by atoms with Crippen molar-refractivity contribution in [1.29, 1.82) is 0 Å². The molecule has 7 nitrogen and oxygen atoms in total. The number of nitrogens with zero attached hydrogens (tertiary/aromatic N) is 2. The number of hydrogen-bond donors (Lipinski definition) is 1. The highest BCUT2D eigenvalue weighted by molar-refractivity contribution is 7.92. The molecule has 0 atom stereocenters. The van der Waals surface area contributed by atoms with Gasteiger partial charge in [-0.2, -0.15) is 0 Å². The number of benzene rings is 3. The van der Waals surface area contributed by atoms with E-state index in [0.717, 1.165) is 28.6 Å². The van der Waals surface area contributed by atoms with Crippen molar-refractivity contribution in [3.63, 3.8) is 0 Å². The Balaban J connectivity index is 1.55. The Morgan fingerprint density at radius 2 is 1.71 bits per heavy atom. The standard InChI is InChI=1S/C25H26ClN3O4S/c1-19-7-10-22(17-24(19)26)29(34(31,32)23-5-3-2-4-6-23)18-25(30)27-20-8-11-21(12-9-20)28-13-15-33-16-14-28/h2-12,17H,13-16,18H2,1H3,(H,27,30). The molecule has 0 saturated carbocycles. The third-order valence-corrected chi connectivity index (χ3v) is 7.78. The first-order valence-electron chi connectivity index (χ1n) is 10.9. The Hall–Kier alpha value is -3.07. The van der Waals surface area contributed by atoms with E-state index in [0.29, 0.717) is 29.6 Å². The number of morpholine rings is 1. The SMILES string of the molecule is Cc1ccc(N(CC(=O)Nc2ccc(N3CCOCC3)cc2)S(=O)(=O)c2ccccc2)cc1Cl. The average Bonchev–Trinajstić information content (AvgIpc) is 2.86. The van der Waals surface area contributed by atoms with E-state index in [1.54, 1.807) is 36.4 Å². The molecule has 0 aromatic heterocycles. The summed E-state index contributed by atoms with van der Waals surface area (Å²) in [5.41, 5.74) is 2.76. The Kier molecular flexibility index (Phi) is 7.41. The first-order chi connectivity index (χ1) is 16.3. The van der Waals surface area contributed by atoms with Gasteiger partial charge < -0.3 is 15.0 Å². The van der Waals surface area contributed by atoms with E-state index in [1.807, 2.05) is 31.2 Å². The largest absolute Gasteiger partial charge is 0.378 e. The van der Waals surface area contributed by atoms with Crippen LogP contribution < -0.4 is 14.5 Å². The Morgan fingerprint density at radius 3 is 2.35 bits per heavy atom. The van der Waals surface area contributed by atoms with Crippen LogP contribution in [0, 0.1) is 6.92 Å². The molecule has 1 aliphatic heterocycles. The van der Waals surface area contributed by atoms with Crippen LogP contribution in [0.3, 0.4) is 0 Å². The quantitative estimate of drug-likeness (QED) is 0.523. The monoisotopic (exact) mass is 499 g/mol. The van der Waals surface area contributed by atoms with Crippen LogP contribution in [-0.2, 0) is 19.6 Å². The Morgan fingerprint density at radius 1 is 1.03 bits per heavy atom. The minimum absolute atomic E-state index is 0.0920. The van der Waals surface area contributed by atoms with Gasteiger partial charge in [-0.1, -0.05) is 35.9 Å². The lowest BCUT2D eigenvalue weighted by atomic mass is 10.2. The maximum Gasteiger partial charge on any atom is 0.264 e. The van der Waals surface area contributed by atoms with Gasteiger partial charge in [-0.25, -0.2) is 8.42 Å². The number of sulfonamides is 1. The van der Waals surface area contributed by atoms with Gasteiger partial charge in [0.05, 0.1) is 23.8 Å². The molecular weight excluding hydrogens is 474 g/mol. The van der Waals surface area contributed by atoms with Gasteiger partial charge in [0, 0.05) is 29.5 Å². The molecule has 4 rings (SSSR count). The summed E-state index contributed by atoms with van der Waals surface area (Å²) >= 11 is 6.27. The minimum Gasteiger partial charge on any atom is -0.378 e. The number of halogens is 1. The lowest BCUT2D eigenvalue weighted by molar-refractivity contribution is -0.114. The zero-order valence-electron chi connectivity index (χ0n) is 18.8. The van der Waals surface area contributed by atoms with Crippen LogP contribution in [0.5, 0.6) is 0 Å². The van der Waals surface area contributed by atoms with Gasteiger partial charge in [0.25, 0.3) is 10.0 Å². The summed E-state index contributed by atoms with van der Waals surface area (Å²) in [7, 11) is -4.00. The number of ether oxygens (including phenoxy) is 1. The van der Waals surface area contributed by atoms with E-state index in [9.17, 15) is 13.2 Å². The van der Waals surface area contributed by atoms with Crippen LogP contribution >= 0.6 is 11.6 Å². The van der Waals surface area contributed by atoms with Crippen molar-refractivity contribution in [2.24, 2.45) is 0 Å². The van der Waals surface area contributed by atoms with E-state index in [4.69, 9.17) is 16.3 Å². The molecule has 9 heteroatoms. The van der Waals surface area contributed by atoms with Gasteiger partial charge in [-0.15, -0.1) is 0 Å². The molecule has 1 N–H and O–H groups in total. The van der Waals surface area contributed by atoms with Crippen LogP contribution in [-0.4, -0.2) is 47.2 Å². The average molecular weight is 500 g/mol. The maximum atomic E-state index is 13.4. The molecule has 1 aliphatic rings. The van der Waals surface area contributed by atoms with Crippen LogP contribution in [0.4, 0.5) is 17.1 Å². The van der Waals surface area contributed by atoms with Crippen molar-refractivity contribution in [3.05, 3.63) is 83.4 Å². The summed E-state index contributed by atoms with van der Waals surface area (Å²) in [5.74, 6) is -0.463. The second kappa shape index (κ2) is 10.5. The molecule has 34 heavy (non-hydrogen) atoms. The van der Waals surface area contributed by atoms with Crippen LogP contribution in [0.1, 0.15) is 5.56 Å². The first kappa shape index (κ1) is 24.1. The fraction of sp³-hybridized carbons (Fsp3) is 0.240. The minimum atomic E-state index is -4.00. The summed E-state index contributed by atoms with van der Waals surface area (Å²) in [6.45, 7) is 4.44. The highest BCUT2D eigenvalue weighted by Gasteiger charge is 2.27. The molecule has 0 aliphatic carbocycles. The van der Waals surface area contributed by atoms with Gasteiger partial charge >= 0.3 is 0 Å². The predicted octanol–water partition coefficient (Wildman–Crippen LogP) is 4.32. The van der Waals surface area contributed by atoms with Gasteiger partial charge in [0.15, 0.2) is 0 Å². The Labute approximate surface area is 205 Å². The fourth-order valence-electron chi connectivity index (χ4n) is 3.68. The zero-order chi connectivity index (χ0) is 24.1. The topological polar surface area (TPSA) is 79.0 Å². The number of amides is 1. The first-order valence-corrected chi connectivity index (χ1v) is 12.7. The molecule has 3 aromatic carbocycles. The third kappa shape index (κ3) is 5.52. The summed E-state index contributed by atoms with van der Waals surface area (Å²) in [6, 6.07) is 20.4. The van der Waals surface area contributed by atoms with E-state index >= 15 is 0 Å². The number of rotatable bonds is 7.